The highest BCUT2D eigenvalue weighted by molar-refractivity contribution is 6.30. The Hall–Kier alpha value is -0.640. The predicted molar refractivity (Wildman–Crippen MR) is 82.6 cm³/mol. The van der Waals surface area contributed by atoms with E-state index in [2.05, 4.69) is 31.0 Å². The molecule has 1 aliphatic heterocycles. The van der Waals surface area contributed by atoms with E-state index in [0.29, 0.717) is 6.04 Å². The summed E-state index contributed by atoms with van der Waals surface area (Å²) in [5.74, 6) is -0.346. The third kappa shape index (κ3) is 3.16. The fourth-order valence-electron chi connectivity index (χ4n) is 3.10. The Morgan fingerprint density at radius 3 is 2.70 bits per heavy atom. The molecule has 1 fully saturated rings. The van der Waals surface area contributed by atoms with Gasteiger partial charge in [-0.15, -0.1) is 0 Å². The zero-order valence-corrected chi connectivity index (χ0v) is 13.3. The maximum absolute atomic E-state index is 13.3. The molecule has 0 radical (unpaired) electrons. The first-order valence-electron chi connectivity index (χ1n) is 7.43. The number of halogens is 2. The van der Waals surface area contributed by atoms with Crippen molar-refractivity contribution in [2.75, 3.05) is 13.1 Å². The van der Waals surface area contributed by atoms with Crippen LogP contribution in [-0.2, 0) is 6.54 Å². The van der Waals surface area contributed by atoms with Gasteiger partial charge in [0.05, 0.1) is 5.02 Å². The van der Waals surface area contributed by atoms with Gasteiger partial charge in [-0.2, -0.15) is 0 Å². The molecular formula is C16H24ClFN2. The summed E-state index contributed by atoms with van der Waals surface area (Å²) >= 11 is 5.89. The number of rotatable bonds is 4. The molecule has 1 aromatic carbocycles. The maximum atomic E-state index is 13.3. The van der Waals surface area contributed by atoms with E-state index in [4.69, 9.17) is 11.6 Å². The molecule has 1 N–H and O–H groups in total. The Balaban J connectivity index is 2.20. The molecule has 20 heavy (non-hydrogen) atoms. The SMILES string of the molecule is CCC1(CC)CNC(C)CN1Cc1ccc(F)c(Cl)c1. The van der Waals surface area contributed by atoms with Crippen molar-refractivity contribution in [3.8, 4) is 0 Å². The van der Waals surface area contributed by atoms with Crippen molar-refractivity contribution in [1.29, 1.82) is 0 Å². The van der Waals surface area contributed by atoms with Crippen molar-refractivity contribution in [3.05, 3.63) is 34.6 Å². The molecule has 0 saturated carbocycles. The number of benzene rings is 1. The van der Waals surface area contributed by atoms with E-state index in [1.807, 2.05) is 6.07 Å². The lowest BCUT2D eigenvalue weighted by Crippen LogP contribution is -2.63. The second-order valence-corrected chi connectivity index (χ2v) is 6.25. The molecule has 1 unspecified atom stereocenters. The second-order valence-electron chi connectivity index (χ2n) is 5.84. The summed E-state index contributed by atoms with van der Waals surface area (Å²) in [6.07, 6.45) is 2.22. The minimum absolute atomic E-state index is 0.188. The van der Waals surface area contributed by atoms with Gasteiger partial charge in [-0.25, -0.2) is 4.39 Å². The summed E-state index contributed by atoms with van der Waals surface area (Å²) in [7, 11) is 0. The molecule has 2 nitrogen and oxygen atoms in total. The lowest BCUT2D eigenvalue weighted by Gasteiger charge is -2.49. The van der Waals surface area contributed by atoms with Crippen LogP contribution in [0.4, 0.5) is 4.39 Å². The van der Waals surface area contributed by atoms with Gasteiger partial charge in [0.25, 0.3) is 0 Å². The monoisotopic (exact) mass is 298 g/mol. The molecule has 112 valence electrons. The molecule has 1 saturated heterocycles. The van der Waals surface area contributed by atoms with E-state index < -0.39 is 0 Å². The average molecular weight is 299 g/mol. The Bertz CT molecular complexity index is 460. The van der Waals surface area contributed by atoms with Crippen molar-refractivity contribution in [3.63, 3.8) is 0 Å². The van der Waals surface area contributed by atoms with Crippen LogP contribution in [0.15, 0.2) is 18.2 Å². The van der Waals surface area contributed by atoms with Crippen LogP contribution in [0.1, 0.15) is 39.2 Å². The van der Waals surface area contributed by atoms with Crippen LogP contribution < -0.4 is 5.32 Å². The minimum atomic E-state index is -0.346. The number of hydrogen-bond acceptors (Lipinski definition) is 2. The second kappa shape index (κ2) is 6.42. The number of nitrogens with one attached hydrogen (secondary N) is 1. The standard InChI is InChI=1S/C16H24ClFN2/c1-4-16(5-2)11-19-12(3)9-20(16)10-13-6-7-15(18)14(17)8-13/h6-8,12,19H,4-5,9-11H2,1-3H3. The van der Waals surface area contributed by atoms with Crippen molar-refractivity contribution in [1.82, 2.24) is 10.2 Å². The third-order valence-corrected chi connectivity index (χ3v) is 4.91. The number of nitrogens with zero attached hydrogens (tertiary/aromatic N) is 1. The molecule has 0 bridgehead atoms. The van der Waals surface area contributed by atoms with Crippen LogP contribution in [-0.4, -0.2) is 29.6 Å². The van der Waals surface area contributed by atoms with Crippen molar-refractivity contribution >= 4 is 11.6 Å². The molecule has 1 atom stereocenters. The molecule has 0 spiro atoms. The summed E-state index contributed by atoms with van der Waals surface area (Å²) < 4.78 is 13.3. The smallest absolute Gasteiger partial charge is 0.141 e. The topological polar surface area (TPSA) is 15.3 Å². The minimum Gasteiger partial charge on any atom is -0.311 e. The highest BCUT2D eigenvalue weighted by Gasteiger charge is 2.37. The van der Waals surface area contributed by atoms with Gasteiger partial charge in [0.1, 0.15) is 5.82 Å². The van der Waals surface area contributed by atoms with Gasteiger partial charge in [0.15, 0.2) is 0 Å². The van der Waals surface area contributed by atoms with Crippen molar-refractivity contribution in [2.24, 2.45) is 0 Å². The predicted octanol–water partition coefficient (Wildman–Crippen LogP) is 3.83. The first-order chi connectivity index (χ1) is 9.50. The van der Waals surface area contributed by atoms with E-state index in [1.165, 1.54) is 6.07 Å². The molecular weight excluding hydrogens is 275 g/mol. The zero-order valence-electron chi connectivity index (χ0n) is 12.5. The van der Waals surface area contributed by atoms with Crippen LogP contribution in [0.3, 0.4) is 0 Å². The van der Waals surface area contributed by atoms with Gasteiger partial charge in [-0.05, 0) is 37.5 Å². The highest BCUT2D eigenvalue weighted by atomic mass is 35.5. The molecule has 0 amide bonds. The van der Waals surface area contributed by atoms with Crippen LogP contribution in [0.2, 0.25) is 5.02 Å². The zero-order chi connectivity index (χ0) is 14.8. The fourth-order valence-corrected chi connectivity index (χ4v) is 3.31. The molecule has 1 aromatic rings. The Labute approximate surface area is 126 Å². The normalized spacial score (nSPS) is 22.9. The fraction of sp³-hybridized carbons (Fsp3) is 0.625. The van der Waals surface area contributed by atoms with E-state index in [1.54, 1.807) is 6.07 Å². The van der Waals surface area contributed by atoms with Crippen LogP contribution in [0.25, 0.3) is 0 Å². The molecule has 1 aliphatic rings. The van der Waals surface area contributed by atoms with Crippen molar-refractivity contribution < 1.29 is 4.39 Å². The lowest BCUT2D eigenvalue weighted by atomic mass is 9.87. The summed E-state index contributed by atoms with van der Waals surface area (Å²) in [5, 5.41) is 3.80. The quantitative estimate of drug-likeness (QED) is 0.909. The van der Waals surface area contributed by atoms with Gasteiger partial charge >= 0.3 is 0 Å². The van der Waals surface area contributed by atoms with E-state index in [0.717, 1.165) is 38.0 Å². The largest absolute Gasteiger partial charge is 0.311 e. The van der Waals surface area contributed by atoms with Gasteiger partial charge in [-0.3, -0.25) is 4.90 Å². The molecule has 0 aromatic heterocycles. The average Bonchev–Trinajstić information content (AvgIpc) is 2.44. The summed E-state index contributed by atoms with van der Waals surface area (Å²) in [6.45, 7) is 9.54. The Kier molecular flexibility index (Phi) is 5.05. The molecule has 2 rings (SSSR count). The van der Waals surface area contributed by atoms with E-state index in [9.17, 15) is 4.39 Å². The summed E-state index contributed by atoms with van der Waals surface area (Å²) in [5.41, 5.74) is 1.27. The molecule has 4 heteroatoms. The lowest BCUT2D eigenvalue weighted by molar-refractivity contribution is 0.0278. The highest BCUT2D eigenvalue weighted by Crippen LogP contribution is 2.29. The molecule has 1 heterocycles. The van der Waals surface area contributed by atoms with Gasteiger partial charge in [-0.1, -0.05) is 31.5 Å². The Morgan fingerprint density at radius 2 is 2.10 bits per heavy atom. The third-order valence-electron chi connectivity index (χ3n) is 4.62. The Morgan fingerprint density at radius 1 is 1.40 bits per heavy atom. The number of piperazine rings is 1. The van der Waals surface area contributed by atoms with Crippen LogP contribution >= 0.6 is 11.6 Å². The summed E-state index contributed by atoms with van der Waals surface area (Å²) in [4.78, 5) is 2.53. The first-order valence-corrected chi connectivity index (χ1v) is 7.81. The van der Waals surface area contributed by atoms with Crippen LogP contribution in [0.5, 0.6) is 0 Å². The summed E-state index contributed by atoms with van der Waals surface area (Å²) in [6, 6.07) is 5.53. The van der Waals surface area contributed by atoms with Gasteiger partial charge < -0.3 is 5.32 Å². The van der Waals surface area contributed by atoms with Gasteiger partial charge in [0, 0.05) is 31.2 Å². The number of hydrogen-bond donors (Lipinski definition) is 1. The van der Waals surface area contributed by atoms with Crippen molar-refractivity contribution in [2.45, 2.75) is 51.7 Å². The van der Waals surface area contributed by atoms with Crippen LogP contribution in [0, 0.1) is 5.82 Å². The first kappa shape index (κ1) is 15.7. The maximum Gasteiger partial charge on any atom is 0.141 e. The van der Waals surface area contributed by atoms with E-state index in [-0.39, 0.29) is 16.4 Å². The van der Waals surface area contributed by atoms with E-state index >= 15 is 0 Å². The molecule has 0 aliphatic carbocycles. The van der Waals surface area contributed by atoms with Gasteiger partial charge in [0.2, 0.25) is 0 Å².